The lowest BCUT2D eigenvalue weighted by molar-refractivity contribution is -0.135. The standard InChI is InChI=1S/C15H16N2O7/c1-23-6-7-24-17-10-5-3-2-4-9(10)13(20)12(15(17)22)14(21)16-8-11(18)19/h2-5,20H,6-8H2,1H3,(H,16,21)(H,18,19). The molecule has 0 aliphatic rings. The van der Waals surface area contributed by atoms with Crippen molar-refractivity contribution in [2.75, 3.05) is 26.9 Å². The van der Waals surface area contributed by atoms with Crippen LogP contribution >= 0.6 is 0 Å². The third kappa shape index (κ3) is 3.46. The van der Waals surface area contributed by atoms with Gasteiger partial charge in [0, 0.05) is 12.5 Å². The second kappa shape index (κ2) is 7.47. The van der Waals surface area contributed by atoms with Crippen LogP contribution in [0.25, 0.3) is 10.9 Å². The van der Waals surface area contributed by atoms with Gasteiger partial charge in [0.05, 0.1) is 12.1 Å². The number of hydrogen-bond donors (Lipinski definition) is 3. The number of aromatic nitrogens is 1. The molecule has 0 radical (unpaired) electrons. The van der Waals surface area contributed by atoms with Gasteiger partial charge in [-0.15, -0.1) is 4.73 Å². The molecule has 0 saturated carbocycles. The molecule has 1 heterocycles. The Morgan fingerprint density at radius 3 is 2.62 bits per heavy atom. The number of carbonyl (C=O) groups is 2. The third-order valence-corrected chi connectivity index (χ3v) is 3.15. The van der Waals surface area contributed by atoms with Gasteiger partial charge in [-0.05, 0) is 12.1 Å². The van der Waals surface area contributed by atoms with Crippen molar-refractivity contribution in [3.05, 3.63) is 40.2 Å². The predicted octanol–water partition coefficient (Wildman–Crippen LogP) is -0.403. The summed E-state index contributed by atoms with van der Waals surface area (Å²) in [4.78, 5) is 40.5. The summed E-state index contributed by atoms with van der Waals surface area (Å²) in [5.41, 5.74) is -1.22. The second-order valence-electron chi connectivity index (χ2n) is 4.74. The number of carboxylic acid groups (broad SMARTS) is 1. The molecule has 0 fully saturated rings. The lowest BCUT2D eigenvalue weighted by atomic mass is 10.1. The quantitative estimate of drug-likeness (QED) is 0.587. The van der Waals surface area contributed by atoms with E-state index >= 15 is 0 Å². The van der Waals surface area contributed by atoms with E-state index in [-0.39, 0.29) is 24.1 Å². The van der Waals surface area contributed by atoms with Crippen LogP contribution in [0.1, 0.15) is 10.4 Å². The Kier molecular flexibility index (Phi) is 5.38. The van der Waals surface area contributed by atoms with Crippen molar-refractivity contribution in [3.8, 4) is 5.75 Å². The number of rotatable bonds is 7. The first kappa shape index (κ1) is 17.3. The Bertz CT molecular complexity index is 828. The average Bonchev–Trinajstić information content (AvgIpc) is 2.56. The number of ether oxygens (including phenoxy) is 1. The monoisotopic (exact) mass is 336 g/mol. The molecule has 128 valence electrons. The molecule has 1 aromatic heterocycles. The first-order valence-electron chi connectivity index (χ1n) is 6.96. The molecule has 1 amide bonds. The van der Waals surface area contributed by atoms with E-state index in [1.54, 1.807) is 18.2 Å². The minimum Gasteiger partial charge on any atom is -0.506 e. The first-order valence-corrected chi connectivity index (χ1v) is 6.96. The molecule has 9 nitrogen and oxygen atoms in total. The van der Waals surface area contributed by atoms with Gasteiger partial charge < -0.3 is 25.1 Å². The van der Waals surface area contributed by atoms with E-state index in [0.717, 1.165) is 4.73 Å². The molecule has 0 aliphatic heterocycles. The van der Waals surface area contributed by atoms with E-state index < -0.39 is 35.3 Å². The molecular formula is C15H16N2O7. The highest BCUT2D eigenvalue weighted by Crippen LogP contribution is 2.25. The minimum atomic E-state index is -1.28. The first-order chi connectivity index (χ1) is 11.5. The Morgan fingerprint density at radius 1 is 1.25 bits per heavy atom. The van der Waals surface area contributed by atoms with E-state index in [9.17, 15) is 19.5 Å². The number of carboxylic acids is 1. The van der Waals surface area contributed by atoms with Crippen molar-refractivity contribution in [3.63, 3.8) is 0 Å². The number of carbonyl (C=O) groups excluding carboxylic acids is 1. The summed E-state index contributed by atoms with van der Waals surface area (Å²) in [5.74, 6) is -2.82. The van der Waals surface area contributed by atoms with Crippen LogP contribution in [-0.2, 0) is 9.53 Å². The molecule has 0 bridgehead atoms. The van der Waals surface area contributed by atoms with Crippen molar-refractivity contribution in [1.82, 2.24) is 10.0 Å². The van der Waals surface area contributed by atoms with Crippen LogP contribution < -0.4 is 15.7 Å². The van der Waals surface area contributed by atoms with E-state index in [4.69, 9.17) is 14.7 Å². The van der Waals surface area contributed by atoms with Gasteiger partial charge in [-0.2, -0.15) is 0 Å². The SMILES string of the molecule is COCCOn1c(=O)c(C(=O)NCC(=O)O)c(O)c2ccccc21. The molecule has 2 rings (SSSR count). The van der Waals surface area contributed by atoms with Crippen LogP contribution in [0.4, 0.5) is 0 Å². The number of para-hydroxylation sites is 1. The molecule has 0 aliphatic carbocycles. The van der Waals surface area contributed by atoms with E-state index in [2.05, 4.69) is 0 Å². The summed E-state index contributed by atoms with van der Waals surface area (Å²) in [6.07, 6.45) is 0. The molecule has 0 unspecified atom stereocenters. The number of aromatic hydroxyl groups is 1. The van der Waals surface area contributed by atoms with Crippen molar-refractivity contribution < 1.29 is 29.4 Å². The summed E-state index contributed by atoms with van der Waals surface area (Å²) in [5, 5.41) is 21.1. The number of hydrogen-bond acceptors (Lipinski definition) is 6. The molecule has 0 atom stereocenters. The topological polar surface area (TPSA) is 127 Å². The van der Waals surface area contributed by atoms with Gasteiger partial charge in [-0.25, -0.2) is 0 Å². The number of nitrogens with one attached hydrogen (secondary N) is 1. The van der Waals surface area contributed by atoms with Gasteiger partial charge in [-0.1, -0.05) is 12.1 Å². The van der Waals surface area contributed by atoms with Crippen LogP contribution in [0.3, 0.4) is 0 Å². The maximum absolute atomic E-state index is 12.5. The van der Waals surface area contributed by atoms with Gasteiger partial charge >= 0.3 is 5.97 Å². The largest absolute Gasteiger partial charge is 0.506 e. The summed E-state index contributed by atoms with van der Waals surface area (Å²) >= 11 is 0. The highest BCUT2D eigenvalue weighted by atomic mass is 16.7. The van der Waals surface area contributed by atoms with Crippen LogP contribution in [0.15, 0.2) is 29.1 Å². The maximum atomic E-state index is 12.5. The van der Waals surface area contributed by atoms with Crippen LogP contribution in [0.5, 0.6) is 5.75 Å². The minimum absolute atomic E-state index is 0.0430. The van der Waals surface area contributed by atoms with Gasteiger partial charge in [0.15, 0.2) is 5.56 Å². The van der Waals surface area contributed by atoms with Crippen LogP contribution in [-0.4, -0.2) is 53.7 Å². The Balaban J connectivity index is 2.56. The highest BCUT2D eigenvalue weighted by Gasteiger charge is 2.23. The zero-order chi connectivity index (χ0) is 17.7. The summed E-state index contributed by atoms with van der Waals surface area (Å²) in [7, 11) is 1.46. The fourth-order valence-electron chi connectivity index (χ4n) is 2.09. The number of pyridine rings is 1. The van der Waals surface area contributed by atoms with Gasteiger partial charge in [0.2, 0.25) is 0 Å². The molecule has 24 heavy (non-hydrogen) atoms. The Hall–Kier alpha value is -3.07. The summed E-state index contributed by atoms with van der Waals surface area (Å²) < 4.78 is 5.73. The van der Waals surface area contributed by atoms with Crippen LogP contribution in [0, 0.1) is 0 Å². The molecule has 0 saturated heterocycles. The van der Waals surface area contributed by atoms with Crippen molar-refractivity contribution in [2.24, 2.45) is 0 Å². The van der Waals surface area contributed by atoms with E-state index in [1.165, 1.54) is 13.2 Å². The van der Waals surface area contributed by atoms with Gasteiger partial charge in [0.25, 0.3) is 11.5 Å². The normalized spacial score (nSPS) is 10.5. The lowest BCUT2D eigenvalue weighted by Gasteiger charge is -2.15. The van der Waals surface area contributed by atoms with Crippen LogP contribution in [0.2, 0.25) is 0 Å². The number of methoxy groups -OCH3 is 1. The van der Waals surface area contributed by atoms with Crippen molar-refractivity contribution >= 4 is 22.8 Å². The average molecular weight is 336 g/mol. The molecule has 9 heteroatoms. The second-order valence-corrected chi connectivity index (χ2v) is 4.74. The Morgan fingerprint density at radius 2 is 1.96 bits per heavy atom. The molecule has 1 aromatic carbocycles. The predicted molar refractivity (Wildman–Crippen MR) is 83.2 cm³/mol. The zero-order valence-electron chi connectivity index (χ0n) is 12.8. The third-order valence-electron chi connectivity index (χ3n) is 3.15. The number of nitrogens with zero attached hydrogens (tertiary/aromatic N) is 1. The summed E-state index contributed by atoms with van der Waals surface area (Å²) in [6.45, 7) is -0.432. The fourth-order valence-corrected chi connectivity index (χ4v) is 2.09. The fraction of sp³-hybridized carbons (Fsp3) is 0.267. The Labute approximate surface area is 136 Å². The van der Waals surface area contributed by atoms with E-state index in [0.29, 0.717) is 0 Å². The smallest absolute Gasteiger partial charge is 0.322 e. The lowest BCUT2D eigenvalue weighted by Crippen LogP contribution is -2.38. The highest BCUT2D eigenvalue weighted by molar-refractivity contribution is 6.02. The van der Waals surface area contributed by atoms with Crippen molar-refractivity contribution in [1.29, 1.82) is 0 Å². The van der Waals surface area contributed by atoms with Crippen molar-refractivity contribution in [2.45, 2.75) is 0 Å². The number of amides is 1. The van der Waals surface area contributed by atoms with Gasteiger partial charge in [-0.3, -0.25) is 14.4 Å². The number of fused-ring (bicyclic) bond motifs is 1. The maximum Gasteiger partial charge on any atom is 0.322 e. The molecule has 3 N–H and O–H groups in total. The van der Waals surface area contributed by atoms with Gasteiger partial charge in [0.1, 0.15) is 18.9 Å². The summed E-state index contributed by atoms with van der Waals surface area (Å²) in [6, 6.07) is 6.31. The van der Waals surface area contributed by atoms with E-state index in [1.807, 2.05) is 5.32 Å². The molecule has 2 aromatic rings. The number of aliphatic carboxylic acids is 1. The number of benzene rings is 1. The molecule has 0 spiro atoms. The molecular weight excluding hydrogens is 320 g/mol. The zero-order valence-corrected chi connectivity index (χ0v) is 12.8.